The largest absolute Gasteiger partial charge is 0.326 e. The number of unbranched alkanes of at least 4 members (excludes halogenated alkanes) is 1. The molecular formula is C30H32F3N3. The van der Waals surface area contributed by atoms with Gasteiger partial charge in [0.05, 0.1) is 11.4 Å². The second kappa shape index (κ2) is 12.0. The minimum atomic E-state index is -1.12. The molecule has 0 fully saturated rings. The average Bonchev–Trinajstić information content (AvgIpc) is 3.26. The first-order valence-electron chi connectivity index (χ1n) is 12.6. The number of benzene rings is 3. The molecule has 0 bridgehead atoms. The van der Waals surface area contributed by atoms with Gasteiger partial charge in [-0.2, -0.15) is 0 Å². The van der Waals surface area contributed by atoms with E-state index in [-0.39, 0.29) is 12.1 Å². The molecule has 3 nitrogen and oxygen atoms in total. The smallest absolute Gasteiger partial charge is 0.166 e. The number of imidazole rings is 1. The van der Waals surface area contributed by atoms with Gasteiger partial charge in [-0.1, -0.05) is 80.9 Å². The van der Waals surface area contributed by atoms with Crippen LogP contribution in [0.2, 0.25) is 0 Å². The molecule has 1 aromatic heterocycles. The number of hydrogen-bond donors (Lipinski definition) is 0. The van der Waals surface area contributed by atoms with E-state index in [9.17, 15) is 13.2 Å². The highest BCUT2D eigenvalue weighted by Gasteiger charge is 2.23. The van der Waals surface area contributed by atoms with E-state index >= 15 is 0 Å². The highest BCUT2D eigenvalue weighted by Crippen LogP contribution is 2.31. The standard InChI is InChI=1S/C30H32F3N3/c1-3-5-19-35(20-24-25(31)16-17-26(32)28(24)33)21-27-29(22-12-8-6-9-13-22)34-30(36(27)18-4-2)23-14-10-7-11-15-23/h6-17H,3-5,18-21H2,1-2H3. The normalized spacial score (nSPS) is 11.4. The first-order valence-corrected chi connectivity index (χ1v) is 12.6. The SMILES string of the molecule is CCCCN(Cc1c(F)ccc(F)c1F)Cc1c(-c2ccccc2)nc(-c2ccccc2)n1CCC. The molecule has 0 N–H and O–H groups in total. The van der Waals surface area contributed by atoms with Crippen molar-refractivity contribution >= 4 is 0 Å². The number of halogens is 3. The Morgan fingerprint density at radius 1 is 0.750 bits per heavy atom. The van der Waals surface area contributed by atoms with Gasteiger partial charge in [0, 0.05) is 36.3 Å². The third-order valence-corrected chi connectivity index (χ3v) is 6.32. The molecule has 6 heteroatoms. The summed E-state index contributed by atoms with van der Waals surface area (Å²) >= 11 is 0. The number of aromatic nitrogens is 2. The Balaban J connectivity index is 1.82. The van der Waals surface area contributed by atoms with E-state index in [0.29, 0.717) is 13.1 Å². The fraction of sp³-hybridized carbons (Fsp3) is 0.300. The highest BCUT2D eigenvalue weighted by atomic mass is 19.2. The summed E-state index contributed by atoms with van der Waals surface area (Å²) in [4.78, 5) is 7.08. The zero-order valence-corrected chi connectivity index (χ0v) is 20.9. The summed E-state index contributed by atoms with van der Waals surface area (Å²) < 4.78 is 45.3. The van der Waals surface area contributed by atoms with Crippen LogP contribution in [-0.2, 0) is 19.6 Å². The van der Waals surface area contributed by atoms with Crippen molar-refractivity contribution in [3.8, 4) is 22.6 Å². The molecule has 3 aromatic carbocycles. The van der Waals surface area contributed by atoms with Crippen LogP contribution >= 0.6 is 0 Å². The van der Waals surface area contributed by atoms with Crippen molar-refractivity contribution in [2.45, 2.75) is 52.7 Å². The van der Waals surface area contributed by atoms with Gasteiger partial charge in [-0.3, -0.25) is 4.90 Å². The second-order valence-corrected chi connectivity index (χ2v) is 9.00. The van der Waals surface area contributed by atoms with Crippen LogP contribution in [0.4, 0.5) is 13.2 Å². The van der Waals surface area contributed by atoms with Crippen molar-refractivity contribution in [1.29, 1.82) is 0 Å². The summed E-state index contributed by atoms with van der Waals surface area (Å²) in [5.74, 6) is -2.02. The monoisotopic (exact) mass is 491 g/mol. The summed E-state index contributed by atoms with van der Waals surface area (Å²) in [7, 11) is 0. The van der Waals surface area contributed by atoms with Crippen molar-refractivity contribution in [3.05, 3.63) is 102 Å². The van der Waals surface area contributed by atoms with Crippen LogP contribution in [-0.4, -0.2) is 21.0 Å². The molecule has 0 spiro atoms. The van der Waals surface area contributed by atoms with E-state index in [2.05, 4.69) is 18.4 Å². The van der Waals surface area contributed by atoms with Crippen molar-refractivity contribution in [3.63, 3.8) is 0 Å². The lowest BCUT2D eigenvalue weighted by atomic mass is 10.1. The van der Waals surface area contributed by atoms with Crippen molar-refractivity contribution in [2.24, 2.45) is 0 Å². The lowest BCUT2D eigenvalue weighted by Crippen LogP contribution is -2.27. The lowest BCUT2D eigenvalue weighted by Gasteiger charge is -2.24. The Morgan fingerprint density at radius 2 is 1.39 bits per heavy atom. The van der Waals surface area contributed by atoms with Gasteiger partial charge < -0.3 is 4.57 Å². The summed E-state index contributed by atoms with van der Waals surface area (Å²) in [6.45, 7) is 5.97. The Hall–Kier alpha value is -3.38. The summed E-state index contributed by atoms with van der Waals surface area (Å²) in [6, 6.07) is 21.8. The predicted octanol–water partition coefficient (Wildman–Crippen LogP) is 7.85. The van der Waals surface area contributed by atoms with Crippen LogP contribution in [0.15, 0.2) is 72.8 Å². The summed E-state index contributed by atoms with van der Waals surface area (Å²) in [6.07, 6.45) is 2.69. The van der Waals surface area contributed by atoms with Crippen LogP contribution < -0.4 is 0 Å². The zero-order valence-electron chi connectivity index (χ0n) is 20.9. The van der Waals surface area contributed by atoms with E-state index in [4.69, 9.17) is 4.98 Å². The molecule has 188 valence electrons. The van der Waals surface area contributed by atoms with Crippen LogP contribution in [0.25, 0.3) is 22.6 Å². The van der Waals surface area contributed by atoms with E-state index in [1.54, 1.807) is 0 Å². The third kappa shape index (κ3) is 5.71. The van der Waals surface area contributed by atoms with Gasteiger partial charge in [-0.25, -0.2) is 18.2 Å². The average molecular weight is 492 g/mol. The predicted molar refractivity (Wildman–Crippen MR) is 139 cm³/mol. The number of hydrogen-bond acceptors (Lipinski definition) is 2. The fourth-order valence-corrected chi connectivity index (χ4v) is 4.49. The molecule has 36 heavy (non-hydrogen) atoms. The van der Waals surface area contributed by atoms with Crippen LogP contribution in [0.1, 0.15) is 44.4 Å². The molecular weight excluding hydrogens is 459 g/mol. The van der Waals surface area contributed by atoms with Crippen LogP contribution in [0.5, 0.6) is 0 Å². The molecule has 0 unspecified atom stereocenters. The quantitative estimate of drug-likeness (QED) is 0.199. The molecule has 4 rings (SSSR count). The maximum atomic E-state index is 14.6. The molecule has 0 aliphatic heterocycles. The molecule has 0 saturated heterocycles. The molecule has 0 saturated carbocycles. The van der Waals surface area contributed by atoms with Gasteiger partial charge in [0.25, 0.3) is 0 Å². The Morgan fingerprint density at radius 3 is 2.03 bits per heavy atom. The van der Waals surface area contributed by atoms with Gasteiger partial charge >= 0.3 is 0 Å². The minimum absolute atomic E-state index is 0.0262. The first kappa shape index (κ1) is 25.7. The van der Waals surface area contributed by atoms with Gasteiger partial charge in [0.2, 0.25) is 0 Å². The van der Waals surface area contributed by atoms with E-state index in [1.165, 1.54) is 0 Å². The number of rotatable bonds is 11. The summed E-state index contributed by atoms with van der Waals surface area (Å²) in [5, 5.41) is 0. The maximum Gasteiger partial charge on any atom is 0.166 e. The van der Waals surface area contributed by atoms with E-state index in [1.807, 2.05) is 65.6 Å². The number of nitrogens with zero attached hydrogens (tertiary/aromatic N) is 3. The Labute approximate surface area is 211 Å². The minimum Gasteiger partial charge on any atom is -0.326 e. The molecule has 0 amide bonds. The molecule has 0 atom stereocenters. The Bertz CT molecular complexity index is 1270. The summed E-state index contributed by atoms with van der Waals surface area (Å²) in [5.41, 5.74) is 3.59. The van der Waals surface area contributed by atoms with E-state index < -0.39 is 17.5 Å². The maximum absolute atomic E-state index is 14.6. The van der Waals surface area contributed by atoms with Crippen LogP contribution in [0.3, 0.4) is 0 Å². The van der Waals surface area contributed by atoms with Gasteiger partial charge in [0.15, 0.2) is 11.6 Å². The topological polar surface area (TPSA) is 21.1 Å². The van der Waals surface area contributed by atoms with Crippen molar-refractivity contribution in [1.82, 2.24) is 14.5 Å². The molecule has 4 aromatic rings. The Kier molecular flexibility index (Phi) is 8.60. The lowest BCUT2D eigenvalue weighted by molar-refractivity contribution is 0.238. The zero-order chi connectivity index (χ0) is 25.5. The van der Waals surface area contributed by atoms with Gasteiger partial charge in [0.1, 0.15) is 11.6 Å². The van der Waals surface area contributed by atoms with E-state index in [0.717, 1.165) is 66.3 Å². The van der Waals surface area contributed by atoms with Crippen molar-refractivity contribution < 1.29 is 13.2 Å². The molecule has 0 aliphatic carbocycles. The first-order chi connectivity index (χ1) is 17.5. The van der Waals surface area contributed by atoms with Gasteiger partial charge in [-0.05, 0) is 31.5 Å². The molecule has 0 aliphatic rings. The third-order valence-electron chi connectivity index (χ3n) is 6.32. The molecule has 1 heterocycles. The van der Waals surface area contributed by atoms with Crippen molar-refractivity contribution in [2.75, 3.05) is 6.54 Å². The van der Waals surface area contributed by atoms with Gasteiger partial charge in [-0.15, -0.1) is 0 Å². The van der Waals surface area contributed by atoms with Crippen LogP contribution in [0, 0.1) is 17.5 Å². The highest BCUT2D eigenvalue weighted by molar-refractivity contribution is 5.68. The fourth-order valence-electron chi connectivity index (χ4n) is 4.49. The second-order valence-electron chi connectivity index (χ2n) is 9.00. The molecule has 0 radical (unpaired) electrons.